The highest BCUT2D eigenvalue weighted by atomic mass is 16.3. The molecule has 0 unspecified atom stereocenters. The van der Waals surface area contributed by atoms with Gasteiger partial charge < -0.3 is 18.6 Å². The number of para-hydroxylation sites is 3. The van der Waals surface area contributed by atoms with Crippen molar-refractivity contribution in [3.63, 3.8) is 0 Å². The molecule has 0 N–H and O–H groups in total. The van der Waals surface area contributed by atoms with Crippen LogP contribution in [-0.4, -0.2) is 0 Å². The highest BCUT2D eigenvalue weighted by Crippen LogP contribution is 2.49. The van der Waals surface area contributed by atoms with E-state index in [1.54, 1.807) is 0 Å². The molecule has 0 bridgehead atoms. The van der Waals surface area contributed by atoms with Gasteiger partial charge in [-0.3, -0.25) is 0 Å². The van der Waals surface area contributed by atoms with Gasteiger partial charge in [0.15, 0.2) is 0 Å². The van der Waals surface area contributed by atoms with Gasteiger partial charge in [0.1, 0.15) is 22.3 Å². The number of fused-ring (bicyclic) bond motifs is 8. The van der Waals surface area contributed by atoms with Crippen LogP contribution < -0.4 is 9.80 Å². The van der Waals surface area contributed by atoms with Gasteiger partial charge in [-0.15, -0.1) is 0 Å². The number of hydrogen-bond donors (Lipinski definition) is 0. The van der Waals surface area contributed by atoms with Gasteiger partial charge >= 0.3 is 0 Å². The fourth-order valence-corrected chi connectivity index (χ4v) is 16.9. The van der Waals surface area contributed by atoms with E-state index < -0.39 is 0 Å². The predicted molar refractivity (Wildman–Crippen MR) is 480 cm³/mol. The van der Waals surface area contributed by atoms with Crippen molar-refractivity contribution in [2.24, 2.45) is 0 Å². The van der Waals surface area contributed by atoms with E-state index in [4.69, 9.17) is 8.83 Å². The van der Waals surface area contributed by atoms with E-state index in [0.29, 0.717) is 0 Å². The average molecular weight is 1450 g/mol. The second-order valence-corrected chi connectivity index (χ2v) is 29.5. The first-order valence-corrected chi connectivity index (χ1v) is 39.0. The predicted octanol–water partition coefficient (Wildman–Crippen LogP) is 31.4. The number of benzene rings is 19. The van der Waals surface area contributed by atoms with Crippen LogP contribution in [-0.2, 0) is 0 Å². The molecule has 0 saturated carbocycles. The van der Waals surface area contributed by atoms with Crippen LogP contribution in [0.1, 0.15) is 0 Å². The molecule has 2 aromatic heterocycles. The average Bonchev–Trinajstić information content (AvgIpc) is 1.85. The molecule has 534 valence electrons. The van der Waals surface area contributed by atoms with Crippen molar-refractivity contribution < 1.29 is 8.83 Å². The maximum absolute atomic E-state index is 6.92. The standard InChI is InChI=1S/C110H72N2O2/c1-3-17-73(18-4-1)76-33-37-78(38-34-76)81-51-60-93(61-52-81)111(103-28-12-9-23-97(103)99-26-15-31-106-109(99)101-25-11-14-30-105(101)113-106)94-64-55-83(56-65-94)80-41-43-84(44-42-80)89-49-46-86-47-50-90(71-92(86)70-89)91-59-68-102-108(72-91)114-107-32-16-27-100(110(102)107)98-24-10-13-29-104(98)112(96-66-57-85(58-67-96)88-48-45-75-21-7-8-22-87(75)69-88)95-62-53-82(54-63-95)79-39-35-77(36-40-79)74-19-5-2-6-20-74/h1-72H. The van der Waals surface area contributed by atoms with E-state index >= 15 is 0 Å². The molecule has 4 nitrogen and oxygen atoms in total. The third kappa shape index (κ3) is 12.5. The molecule has 0 radical (unpaired) electrons. The van der Waals surface area contributed by atoms with Gasteiger partial charge in [0.05, 0.1) is 11.4 Å². The molecule has 19 aromatic carbocycles. The summed E-state index contributed by atoms with van der Waals surface area (Å²) in [5.41, 5.74) is 32.8. The van der Waals surface area contributed by atoms with Crippen molar-refractivity contribution in [2.75, 3.05) is 9.80 Å². The molecule has 114 heavy (non-hydrogen) atoms. The minimum Gasteiger partial charge on any atom is -0.456 e. The topological polar surface area (TPSA) is 32.8 Å². The number of rotatable bonds is 16. The monoisotopic (exact) mass is 1450 g/mol. The van der Waals surface area contributed by atoms with Crippen molar-refractivity contribution >= 4 is 99.5 Å². The molecular formula is C110H72N2O2. The Morgan fingerprint density at radius 2 is 0.421 bits per heavy atom. The summed E-state index contributed by atoms with van der Waals surface area (Å²) in [6, 6.07) is 158. The largest absolute Gasteiger partial charge is 0.456 e. The Labute approximate surface area is 661 Å². The van der Waals surface area contributed by atoms with Crippen LogP contribution >= 0.6 is 0 Å². The highest BCUT2D eigenvalue weighted by molar-refractivity contribution is 6.16. The number of furan rings is 2. The van der Waals surface area contributed by atoms with Gasteiger partial charge in [-0.2, -0.15) is 0 Å². The van der Waals surface area contributed by atoms with E-state index in [9.17, 15) is 0 Å². The van der Waals surface area contributed by atoms with Gasteiger partial charge in [-0.25, -0.2) is 0 Å². The van der Waals surface area contributed by atoms with E-state index in [1.165, 1.54) is 60.5 Å². The smallest absolute Gasteiger partial charge is 0.136 e. The number of nitrogens with zero attached hydrogens (tertiary/aromatic N) is 2. The van der Waals surface area contributed by atoms with Crippen LogP contribution in [0, 0.1) is 0 Å². The minimum atomic E-state index is 0.840. The second-order valence-electron chi connectivity index (χ2n) is 29.5. The number of hydrogen-bond acceptors (Lipinski definition) is 4. The van der Waals surface area contributed by atoms with Crippen LogP contribution in [0.2, 0.25) is 0 Å². The molecule has 0 aliphatic heterocycles. The van der Waals surface area contributed by atoms with Crippen LogP contribution in [0.25, 0.3) is 177 Å². The Morgan fingerprint density at radius 3 is 0.860 bits per heavy atom. The summed E-state index contributed by atoms with van der Waals surface area (Å²) in [7, 11) is 0. The molecule has 0 atom stereocenters. The molecule has 0 spiro atoms. The third-order valence-electron chi connectivity index (χ3n) is 22.7. The van der Waals surface area contributed by atoms with Crippen molar-refractivity contribution in [2.45, 2.75) is 0 Å². The Balaban J connectivity index is 0.573. The molecule has 0 fully saturated rings. The summed E-state index contributed by atoms with van der Waals surface area (Å²) < 4.78 is 13.4. The van der Waals surface area contributed by atoms with Crippen molar-refractivity contribution in [1.29, 1.82) is 0 Å². The fourth-order valence-electron chi connectivity index (χ4n) is 16.9. The highest BCUT2D eigenvalue weighted by Gasteiger charge is 2.24. The van der Waals surface area contributed by atoms with Crippen molar-refractivity contribution in [3.8, 4) is 111 Å². The lowest BCUT2D eigenvalue weighted by Gasteiger charge is -2.28. The first kappa shape index (κ1) is 67.0. The number of anilines is 6. The van der Waals surface area contributed by atoms with E-state index in [1.807, 2.05) is 6.07 Å². The van der Waals surface area contributed by atoms with Crippen LogP contribution in [0.5, 0.6) is 0 Å². The summed E-state index contributed by atoms with van der Waals surface area (Å²) in [5.74, 6) is 0. The van der Waals surface area contributed by atoms with Gasteiger partial charge in [0, 0.05) is 55.4 Å². The Kier molecular flexibility index (Phi) is 16.9. The van der Waals surface area contributed by atoms with E-state index in [2.05, 4.69) is 441 Å². The molecule has 2 heterocycles. The maximum Gasteiger partial charge on any atom is 0.136 e. The molecule has 21 aromatic rings. The summed E-state index contributed by atoms with van der Waals surface area (Å²) in [6.45, 7) is 0. The molecule has 0 saturated heterocycles. The Bertz CT molecular complexity index is 7150. The Hall–Kier alpha value is -15.1. The Morgan fingerprint density at radius 1 is 0.149 bits per heavy atom. The fraction of sp³-hybridized carbons (Fsp3) is 0. The van der Waals surface area contributed by atoms with Crippen LogP contribution in [0.3, 0.4) is 0 Å². The molecular weight excluding hydrogens is 1380 g/mol. The molecule has 21 rings (SSSR count). The quantitative estimate of drug-likeness (QED) is 0.0965. The zero-order chi connectivity index (χ0) is 75.4. The summed E-state index contributed by atoms with van der Waals surface area (Å²) >= 11 is 0. The molecule has 0 aliphatic carbocycles. The lowest BCUT2D eigenvalue weighted by molar-refractivity contribution is 0.668. The van der Waals surface area contributed by atoms with E-state index in [0.717, 1.165) is 150 Å². The van der Waals surface area contributed by atoms with Crippen molar-refractivity contribution in [1.82, 2.24) is 0 Å². The van der Waals surface area contributed by atoms with Crippen molar-refractivity contribution in [3.05, 3.63) is 437 Å². The summed E-state index contributed by atoms with van der Waals surface area (Å²) in [4.78, 5) is 4.79. The third-order valence-corrected chi connectivity index (χ3v) is 22.7. The minimum absolute atomic E-state index is 0.840. The normalized spacial score (nSPS) is 11.5. The SMILES string of the molecule is c1ccc(-c2ccc(-c3ccc(N(c4ccc(-c5ccc(-c6ccc7ccc(-c8ccc9c(c8)oc8cccc(-c%10ccccc%10N(c%10ccc(-c%11ccc(-c%12ccccc%12)cc%11)cc%10)c%10ccc(-c%11ccc%12ccccc%12c%11)cc%10)c89)cc7c6)cc5)cc4)c4ccccc4-c4cccc5oc6ccccc6c45)cc3)cc2)cc1. The van der Waals surface area contributed by atoms with Gasteiger partial charge in [-0.05, 0) is 231 Å². The van der Waals surface area contributed by atoms with Gasteiger partial charge in [0.2, 0.25) is 0 Å². The lowest BCUT2D eigenvalue weighted by atomic mass is 9.94. The zero-order valence-corrected chi connectivity index (χ0v) is 62.3. The second kappa shape index (κ2) is 28.7. The summed E-state index contributed by atoms with van der Waals surface area (Å²) in [6.07, 6.45) is 0. The zero-order valence-electron chi connectivity index (χ0n) is 62.3. The van der Waals surface area contributed by atoms with Crippen LogP contribution in [0.4, 0.5) is 34.1 Å². The lowest BCUT2D eigenvalue weighted by Crippen LogP contribution is -2.11. The van der Waals surface area contributed by atoms with Crippen LogP contribution in [0.15, 0.2) is 446 Å². The summed E-state index contributed by atoms with van der Waals surface area (Å²) in [5, 5.41) is 9.16. The first-order valence-electron chi connectivity index (χ1n) is 39.0. The maximum atomic E-state index is 6.92. The van der Waals surface area contributed by atoms with Gasteiger partial charge in [0.25, 0.3) is 0 Å². The first-order chi connectivity index (χ1) is 56.5. The molecule has 4 heteroatoms. The van der Waals surface area contributed by atoms with E-state index in [-0.39, 0.29) is 0 Å². The molecule has 0 aliphatic rings. The van der Waals surface area contributed by atoms with Gasteiger partial charge in [-0.1, -0.05) is 328 Å². The molecule has 0 amide bonds.